The molecule has 5 nitrogen and oxygen atoms in total. The Bertz CT molecular complexity index is 1040. The number of hydrogen-bond acceptors (Lipinski definition) is 5. The highest BCUT2D eigenvalue weighted by Crippen LogP contribution is 2.27. The van der Waals surface area contributed by atoms with E-state index in [1.165, 1.54) is 33.8 Å². The standard InChI is InChI=1S/C21H18N4OS2/c1-13-5-3-7-15(9-13)17-11-27-20(22-17)24-19(26)25-21-23-18(12-28-21)16-8-4-6-14(2)10-16/h3-12H,1-2H3,(H2,22,23,24,25,26). The molecule has 0 radical (unpaired) electrons. The quantitative estimate of drug-likeness (QED) is 0.424. The fraction of sp³-hybridized carbons (Fsp3) is 0.0952. The summed E-state index contributed by atoms with van der Waals surface area (Å²) in [5.41, 5.74) is 6.11. The van der Waals surface area contributed by atoms with Gasteiger partial charge in [0.25, 0.3) is 0 Å². The summed E-state index contributed by atoms with van der Waals surface area (Å²) in [6, 6.07) is 15.9. The van der Waals surface area contributed by atoms with E-state index < -0.39 is 0 Å². The number of carbonyl (C=O) groups excluding carboxylic acids is 1. The zero-order valence-electron chi connectivity index (χ0n) is 15.4. The van der Waals surface area contributed by atoms with Crippen LogP contribution in [0.4, 0.5) is 15.1 Å². The molecule has 2 amide bonds. The Labute approximate surface area is 171 Å². The number of hydrogen-bond donors (Lipinski definition) is 2. The number of amides is 2. The first-order valence-electron chi connectivity index (χ1n) is 8.70. The van der Waals surface area contributed by atoms with Gasteiger partial charge in [-0.3, -0.25) is 10.6 Å². The molecule has 0 aliphatic carbocycles. The lowest BCUT2D eigenvalue weighted by molar-refractivity contribution is 0.262. The van der Waals surface area contributed by atoms with E-state index >= 15 is 0 Å². The average Bonchev–Trinajstić information content (AvgIpc) is 3.31. The third-order valence-electron chi connectivity index (χ3n) is 4.08. The number of aromatic nitrogens is 2. The summed E-state index contributed by atoms with van der Waals surface area (Å²) >= 11 is 2.79. The fourth-order valence-corrected chi connectivity index (χ4v) is 4.19. The molecule has 0 aliphatic heterocycles. The summed E-state index contributed by atoms with van der Waals surface area (Å²) in [5, 5.41) is 10.5. The van der Waals surface area contributed by atoms with Crippen LogP contribution in [0, 0.1) is 13.8 Å². The van der Waals surface area contributed by atoms with Gasteiger partial charge in [-0.2, -0.15) is 0 Å². The second-order valence-corrected chi connectivity index (χ2v) is 8.11. The predicted octanol–water partition coefficient (Wildman–Crippen LogP) is 6.19. The lowest BCUT2D eigenvalue weighted by atomic mass is 10.1. The number of thiazole rings is 2. The molecule has 0 unspecified atom stereocenters. The molecule has 2 aromatic heterocycles. The Morgan fingerprint density at radius 2 is 1.25 bits per heavy atom. The van der Waals surface area contributed by atoms with Crippen molar-refractivity contribution in [3.05, 3.63) is 70.4 Å². The number of urea groups is 1. The van der Waals surface area contributed by atoms with Crippen LogP contribution in [0.5, 0.6) is 0 Å². The molecule has 4 aromatic rings. The van der Waals surface area contributed by atoms with E-state index in [9.17, 15) is 4.79 Å². The van der Waals surface area contributed by atoms with Crippen molar-refractivity contribution < 1.29 is 4.79 Å². The fourth-order valence-electron chi connectivity index (χ4n) is 2.76. The molecule has 0 aliphatic rings. The third kappa shape index (κ3) is 4.27. The largest absolute Gasteiger partial charge is 0.327 e. The van der Waals surface area contributed by atoms with Gasteiger partial charge in [0.1, 0.15) is 0 Å². The van der Waals surface area contributed by atoms with E-state index in [1.54, 1.807) is 0 Å². The molecule has 2 N–H and O–H groups in total. The molecular weight excluding hydrogens is 388 g/mol. The highest BCUT2D eigenvalue weighted by atomic mass is 32.1. The van der Waals surface area contributed by atoms with Gasteiger partial charge in [-0.15, -0.1) is 22.7 Å². The summed E-state index contributed by atoms with van der Waals surface area (Å²) in [5.74, 6) is 0. The van der Waals surface area contributed by atoms with Crippen molar-refractivity contribution in [2.75, 3.05) is 10.6 Å². The van der Waals surface area contributed by atoms with Gasteiger partial charge >= 0.3 is 6.03 Å². The minimum Gasteiger partial charge on any atom is -0.283 e. The maximum Gasteiger partial charge on any atom is 0.327 e. The Morgan fingerprint density at radius 3 is 1.68 bits per heavy atom. The molecule has 140 valence electrons. The van der Waals surface area contributed by atoms with Gasteiger partial charge in [-0.25, -0.2) is 14.8 Å². The first-order valence-corrected chi connectivity index (χ1v) is 10.5. The number of aryl methyl sites for hydroxylation is 2. The Morgan fingerprint density at radius 1 is 0.786 bits per heavy atom. The summed E-state index contributed by atoms with van der Waals surface area (Å²) in [6.45, 7) is 4.09. The second kappa shape index (κ2) is 7.92. The van der Waals surface area contributed by atoms with Crippen LogP contribution in [0.25, 0.3) is 22.5 Å². The van der Waals surface area contributed by atoms with E-state index in [1.807, 2.05) is 61.0 Å². The van der Waals surface area contributed by atoms with Crippen molar-refractivity contribution in [1.82, 2.24) is 9.97 Å². The summed E-state index contributed by atoms with van der Waals surface area (Å²) < 4.78 is 0. The van der Waals surface area contributed by atoms with Crippen LogP contribution >= 0.6 is 22.7 Å². The molecule has 4 rings (SSSR count). The van der Waals surface area contributed by atoms with Crippen molar-refractivity contribution in [2.24, 2.45) is 0 Å². The van der Waals surface area contributed by atoms with Crippen molar-refractivity contribution >= 4 is 39.0 Å². The molecule has 2 aromatic carbocycles. The Kier molecular flexibility index (Phi) is 5.18. The zero-order chi connectivity index (χ0) is 19.5. The van der Waals surface area contributed by atoms with Crippen molar-refractivity contribution in [3.8, 4) is 22.5 Å². The monoisotopic (exact) mass is 406 g/mol. The summed E-state index contributed by atoms with van der Waals surface area (Å²) in [7, 11) is 0. The lowest BCUT2D eigenvalue weighted by Gasteiger charge is -2.02. The molecule has 0 saturated carbocycles. The molecule has 0 spiro atoms. The molecular formula is C21H18N4OS2. The van der Waals surface area contributed by atoms with Crippen LogP contribution in [0.3, 0.4) is 0 Å². The molecule has 28 heavy (non-hydrogen) atoms. The van der Waals surface area contributed by atoms with Crippen LogP contribution in [-0.4, -0.2) is 16.0 Å². The van der Waals surface area contributed by atoms with E-state index in [0.29, 0.717) is 10.3 Å². The Hall–Kier alpha value is -3.03. The van der Waals surface area contributed by atoms with Crippen LogP contribution in [0.15, 0.2) is 59.3 Å². The van der Waals surface area contributed by atoms with Gasteiger partial charge in [-0.05, 0) is 26.0 Å². The van der Waals surface area contributed by atoms with Crippen LogP contribution < -0.4 is 10.6 Å². The lowest BCUT2D eigenvalue weighted by Crippen LogP contribution is -2.19. The summed E-state index contributed by atoms with van der Waals surface area (Å²) in [6.07, 6.45) is 0. The highest BCUT2D eigenvalue weighted by Gasteiger charge is 2.11. The summed E-state index contributed by atoms with van der Waals surface area (Å²) in [4.78, 5) is 21.3. The van der Waals surface area contributed by atoms with Crippen LogP contribution in [-0.2, 0) is 0 Å². The van der Waals surface area contributed by atoms with Gasteiger partial charge in [0, 0.05) is 21.9 Å². The van der Waals surface area contributed by atoms with Gasteiger partial charge in [-0.1, -0.05) is 47.5 Å². The van der Waals surface area contributed by atoms with Crippen molar-refractivity contribution in [1.29, 1.82) is 0 Å². The SMILES string of the molecule is Cc1cccc(-c2csc(NC(=O)Nc3nc(-c4cccc(C)c4)cs3)n2)c1. The predicted molar refractivity (Wildman–Crippen MR) is 117 cm³/mol. The van der Waals surface area contributed by atoms with E-state index in [4.69, 9.17) is 0 Å². The van der Waals surface area contributed by atoms with Gasteiger partial charge in [0.05, 0.1) is 11.4 Å². The topological polar surface area (TPSA) is 66.9 Å². The van der Waals surface area contributed by atoms with Gasteiger partial charge in [0.2, 0.25) is 0 Å². The smallest absolute Gasteiger partial charge is 0.283 e. The number of nitrogens with one attached hydrogen (secondary N) is 2. The second-order valence-electron chi connectivity index (χ2n) is 6.39. The van der Waals surface area contributed by atoms with E-state index in [2.05, 4.69) is 32.7 Å². The van der Waals surface area contributed by atoms with Crippen LogP contribution in [0.2, 0.25) is 0 Å². The number of benzene rings is 2. The number of anilines is 2. The van der Waals surface area contributed by atoms with Crippen LogP contribution in [0.1, 0.15) is 11.1 Å². The van der Waals surface area contributed by atoms with E-state index in [0.717, 1.165) is 22.5 Å². The minimum absolute atomic E-state index is 0.352. The average molecular weight is 407 g/mol. The number of rotatable bonds is 4. The molecule has 0 atom stereocenters. The number of nitrogens with zero attached hydrogens (tertiary/aromatic N) is 2. The highest BCUT2D eigenvalue weighted by molar-refractivity contribution is 7.14. The first-order chi connectivity index (χ1) is 13.6. The third-order valence-corrected chi connectivity index (χ3v) is 5.59. The van der Waals surface area contributed by atoms with E-state index in [-0.39, 0.29) is 6.03 Å². The maximum absolute atomic E-state index is 12.3. The molecule has 7 heteroatoms. The number of carbonyl (C=O) groups is 1. The molecule has 0 saturated heterocycles. The van der Waals surface area contributed by atoms with Gasteiger partial charge in [0.15, 0.2) is 10.3 Å². The van der Waals surface area contributed by atoms with Gasteiger partial charge < -0.3 is 0 Å². The Balaban J connectivity index is 1.41. The maximum atomic E-state index is 12.3. The minimum atomic E-state index is -0.352. The first kappa shape index (κ1) is 18.3. The molecule has 0 bridgehead atoms. The van der Waals surface area contributed by atoms with Crippen molar-refractivity contribution in [2.45, 2.75) is 13.8 Å². The molecule has 0 fully saturated rings. The molecule has 2 heterocycles. The van der Waals surface area contributed by atoms with Crippen molar-refractivity contribution in [3.63, 3.8) is 0 Å². The zero-order valence-corrected chi connectivity index (χ0v) is 17.0. The normalized spacial score (nSPS) is 10.6.